The van der Waals surface area contributed by atoms with Crippen LogP contribution in [-0.4, -0.2) is 19.1 Å². The van der Waals surface area contributed by atoms with Crippen molar-refractivity contribution in [1.82, 2.24) is 19.1 Å². The number of nitrogens with one attached hydrogen (secondary N) is 1. The molecule has 258 valence electrons. The first-order chi connectivity index (χ1) is 22.0. The van der Waals surface area contributed by atoms with Crippen LogP contribution in [0.5, 0.6) is 0 Å². The van der Waals surface area contributed by atoms with Crippen molar-refractivity contribution < 1.29 is 17.6 Å². The van der Waals surface area contributed by atoms with Crippen LogP contribution in [0.3, 0.4) is 0 Å². The molecule has 2 fully saturated rings. The minimum atomic E-state index is -0.737. The van der Waals surface area contributed by atoms with Crippen LogP contribution in [0.4, 0.5) is 17.6 Å². The molecule has 2 aromatic carbocycles. The molecule has 0 aliphatic heterocycles. The van der Waals surface area contributed by atoms with Gasteiger partial charge in [0, 0.05) is 46.3 Å². The Bertz CT molecular complexity index is 2070. The number of aromatic nitrogens is 4. The van der Waals surface area contributed by atoms with E-state index < -0.39 is 23.3 Å². The van der Waals surface area contributed by atoms with Crippen LogP contribution in [0.1, 0.15) is 122 Å². The lowest BCUT2D eigenvalue weighted by Crippen LogP contribution is -2.36. The predicted octanol–water partition coefficient (Wildman–Crippen LogP) is 8.76. The van der Waals surface area contributed by atoms with Gasteiger partial charge in [-0.05, 0) is 79.0 Å². The molecule has 48 heavy (non-hydrogen) atoms. The van der Waals surface area contributed by atoms with Gasteiger partial charge in [-0.25, -0.2) is 26.9 Å². The second-order valence-electron chi connectivity index (χ2n) is 15.5. The summed E-state index contributed by atoms with van der Waals surface area (Å²) in [6.45, 7) is 16.0. The smallest absolute Gasteiger partial charge is 0.275 e. The molecule has 4 bridgehead atoms. The summed E-state index contributed by atoms with van der Waals surface area (Å²) in [6, 6.07) is 6.68. The normalized spacial score (nSPS) is 26.6. The number of nitrogens with zero attached hydrogens (tertiary/aromatic N) is 3. The number of aromatic amines is 1. The molecule has 4 atom stereocenters. The number of hydrogen-bond donors (Lipinski definition) is 1. The second-order valence-corrected chi connectivity index (χ2v) is 15.5. The van der Waals surface area contributed by atoms with Crippen molar-refractivity contribution in [2.75, 3.05) is 0 Å². The number of H-pyrrole nitrogens is 1. The molecular weight excluding hydrogens is 620 g/mol. The van der Waals surface area contributed by atoms with Gasteiger partial charge in [0.15, 0.2) is 11.6 Å². The van der Waals surface area contributed by atoms with E-state index >= 15 is 0 Å². The third-order valence-corrected chi connectivity index (χ3v) is 13.1. The van der Waals surface area contributed by atoms with E-state index in [0.717, 1.165) is 72.8 Å². The molecule has 2 saturated carbocycles. The van der Waals surface area contributed by atoms with Gasteiger partial charge in [0.2, 0.25) is 0 Å². The first-order valence-electron chi connectivity index (χ1n) is 16.6. The summed E-state index contributed by atoms with van der Waals surface area (Å²) in [5.41, 5.74) is 3.30. The highest BCUT2D eigenvalue weighted by Crippen LogP contribution is 2.68. The quantitative estimate of drug-likeness (QED) is 0.222. The molecule has 8 rings (SSSR count). The number of rotatable bonds is 4. The van der Waals surface area contributed by atoms with E-state index in [1.165, 1.54) is 27.6 Å². The zero-order chi connectivity index (χ0) is 34.0. The second kappa shape index (κ2) is 10.8. The molecule has 1 N–H and O–H groups in total. The standard InChI is InChI=1S/C20H24F2N2O.C17H18F2N2O.CH4/c1-5-10-23-17-16(13-8-9-20(17,4)19(13,2)3)18(25)24(23)15-7-6-12(21)11-14(15)22;1-16(2)10-6-7-17(16,3)14-13(10)15(22)21(20-14)12-5-4-9(18)8-11(12)19;/h6-7,11,13H,5,8-10H2,1-4H3;4-5,8,10,20H,6-7H2,1-3H3;1H4/t13-,20+;10-,17+;/m00./s1. The predicted molar refractivity (Wildman–Crippen MR) is 179 cm³/mol. The van der Waals surface area contributed by atoms with Crippen molar-refractivity contribution >= 4 is 0 Å². The molecule has 0 saturated heterocycles. The zero-order valence-corrected chi connectivity index (χ0v) is 28.0. The average Bonchev–Trinajstić information content (AvgIpc) is 3.71. The van der Waals surface area contributed by atoms with Gasteiger partial charge in [-0.15, -0.1) is 0 Å². The lowest BCUT2D eigenvalue weighted by atomic mass is 9.70. The molecule has 0 amide bonds. The summed E-state index contributed by atoms with van der Waals surface area (Å²) >= 11 is 0. The average molecular weight is 667 g/mol. The Morgan fingerprint density at radius 3 is 1.81 bits per heavy atom. The highest BCUT2D eigenvalue weighted by molar-refractivity contribution is 5.48. The highest BCUT2D eigenvalue weighted by atomic mass is 19.1. The van der Waals surface area contributed by atoms with E-state index in [1.54, 1.807) is 0 Å². The SMILES string of the molecule is C.CC1(C)[C@H]2CC[C@]1(C)c1[nH]n(-c3ccc(F)cc3F)c(=O)c12.CCCn1c2c(c(=O)n1-c1ccc(F)cc1F)[C@@H]1CC[C@@]2(C)C1(C)C. The van der Waals surface area contributed by atoms with Gasteiger partial charge < -0.3 is 0 Å². The van der Waals surface area contributed by atoms with Crippen molar-refractivity contribution in [3.63, 3.8) is 0 Å². The number of hydrogen-bond acceptors (Lipinski definition) is 2. The van der Waals surface area contributed by atoms with Gasteiger partial charge in [0.05, 0.1) is 5.69 Å². The third-order valence-electron chi connectivity index (χ3n) is 13.1. The minimum absolute atomic E-state index is 0. The van der Waals surface area contributed by atoms with E-state index in [2.05, 4.69) is 46.6 Å². The summed E-state index contributed by atoms with van der Waals surface area (Å²) in [5.74, 6) is -2.33. The Hall–Kier alpha value is -3.82. The molecule has 4 aliphatic carbocycles. The maximum absolute atomic E-state index is 14.4. The van der Waals surface area contributed by atoms with Gasteiger partial charge in [-0.2, -0.15) is 0 Å². The van der Waals surface area contributed by atoms with Crippen LogP contribution in [-0.2, 0) is 17.4 Å². The van der Waals surface area contributed by atoms with E-state index in [-0.39, 0.29) is 63.4 Å². The topological polar surface area (TPSA) is 64.7 Å². The van der Waals surface area contributed by atoms with Crippen LogP contribution in [0, 0.1) is 34.1 Å². The molecule has 10 heteroatoms. The van der Waals surface area contributed by atoms with Crippen LogP contribution < -0.4 is 11.1 Å². The van der Waals surface area contributed by atoms with Crippen LogP contribution >= 0.6 is 0 Å². The van der Waals surface area contributed by atoms with Crippen LogP contribution in [0.15, 0.2) is 46.0 Å². The minimum Gasteiger partial charge on any atom is -0.294 e. The highest BCUT2D eigenvalue weighted by Gasteiger charge is 2.63. The fraction of sp³-hybridized carbons (Fsp3) is 0.526. The van der Waals surface area contributed by atoms with E-state index in [0.29, 0.717) is 6.54 Å². The summed E-state index contributed by atoms with van der Waals surface area (Å²) < 4.78 is 59.5. The lowest BCUT2D eigenvalue weighted by molar-refractivity contribution is 0.215. The summed E-state index contributed by atoms with van der Waals surface area (Å²) in [5, 5.41) is 3.11. The van der Waals surface area contributed by atoms with E-state index in [9.17, 15) is 27.2 Å². The van der Waals surface area contributed by atoms with Gasteiger partial charge in [0.25, 0.3) is 11.1 Å². The monoisotopic (exact) mass is 666 g/mol. The number of halogens is 4. The summed E-state index contributed by atoms with van der Waals surface area (Å²) in [6.07, 6.45) is 4.87. The summed E-state index contributed by atoms with van der Waals surface area (Å²) in [4.78, 5) is 26.1. The first kappa shape index (κ1) is 34.1. The van der Waals surface area contributed by atoms with Crippen LogP contribution in [0.2, 0.25) is 0 Å². The Labute approximate surface area is 278 Å². The Morgan fingerprint density at radius 1 is 0.750 bits per heavy atom. The molecule has 0 radical (unpaired) electrons. The molecule has 0 unspecified atom stereocenters. The maximum Gasteiger partial charge on any atom is 0.275 e. The lowest BCUT2D eigenvalue weighted by Gasteiger charge is -2.36. The first-order valence-corrected chi connectivity index (χ1v) is 16.6. The van der Waals surface area contributed by atoms with Gasteiger partial charge in [-0.1, -0.05) is 55.9 Å². The number of benzene rings is 2. The van der Waals surface area contributed by atoms with Crippen molar-refractivity contribution in [3.8, 4) is 11.4 Å². The van der Waals surface area contributed by atoms with Crippen molar-refractivity contribution in [1.29, 1.82) is 0 Å². The van der Waals surface area contributed by atoms with Gasteiger partial charge >= 0.3 is 0 Å². The molecular formula is C38H46F4N4O2. The fourth-order valence-corrected chi connectivity index (χ4v) is 9.68. The fourth-order valence-electron chi connectivity index (χ4n) is 9.68. The Balaban J connectivity index is 0.000000165. The van der Waals surface area contributed by atoms with E-state index in [1.807, 2.05) is 11.6 Å². The number of fused-ring (bicyclic) bond motifs is 10. The van der Waals surface area contributed by atoms with E-state index in [4.69, 9.17) is 0 Å². The zero-order valence-electron chi connectivity index (χ0n) is 28.0. The molecule has 4 aliphatic rings. The van der Waals surface area contributed by atoms with Crippen molar-refractivity contribution in [3.05, 3.63) is 103 Å². The third kappa shape index (κ3) is 4.16. The molecule has 6 nitrogen and oxygen atoms in total. The van der Waals surface area contributed by atoms with Crippen molar-refractivity contribution in [2.45, 2.75) is 117 Å². The maximum atomic E-state index is 14.4. The van der Waals surface area contributed by atoms with Crippen LogP contribution in [0.25, 0.3) is 11.4 Å². The molecule has 2 heterocycles. The van der Waals surface area contributed by atoms with Crippen molar-refractivity contribution in [2.24, 2.45) is 10.8 Å². The molecule has 0 spiro atoms. The van der Waals surface area contributed by atoms with Gasteiger partial charge in [-0.3, -0.25) is 19.4 Å². The molecule has 2 aromatic heterocycles. The summed E-state index contributed by atoms with van der Waals surface area (Å²) in [7, 11) is 0. The molecule has 4 aromatic rings. The largest absolute Gasteiger partial charge is 0.294 e. The Kier molecular flexibility index (Phi) is 7.69. The Morgan fingerprint density at radius 2 is 1.27 bits per heavy atom. The van der Waals surface area contributed by atoms with Gasteiger partial charge in [0.1, 0.15) is 23.0 Å².